The number of hydrogen-bond donors (Lipinski definition) is 0. The van der Waals surface area contributed by atoms with Crippen molar-refractivity contribution < 1.29 is 0 Å². The van der Waals surface area contributed by atoms with Crippen molar-refractivity contribution in [3.8, 4) is 0 Å². The molecule has 0 heteroatoms. The summed E-state index contributed by atoms with van der Waals surface area (Å²) in [5.41, 5.74) is 3.79. The minimum absolute atomic E-state index is 1.26. The minimum atomic E-state index is 1.26. The SMILES string of the molecule is C/C=C(\C=C1C=CC=C1)c1ccccc1. The molecule has 0 unspecified atom stereocenters. The highest BCUT2D eigenvalue weighted by molar-refractivity contribution is 5.76. The van der Waals surface area contributed by atoms with Gasteiger partial charge in [-0.2, -0.15) is 0 Å². The summed E-state index contributed by atoms with van der Waals surface area (Å²) in [7, 11) is 0. The van der Waals surface area contributed by atoms with Crippen LogP contribution in [-0.2, 0) is 0 Å². The second kappa shape index (κ2) is 4.61. The fourth-order valence-corrected chi connectivity index (χ4v) is 1.63. The molecule has 0 N–H and O–H groups in total. The summed E-state index contributed by atoms with van der Waals surface area (Å²) in [5.74, 6) is 0. The molecule has 0 radical (unpaired) electrons. The summed E-state index contributed by atoms with van der Waals surface area (Å²) in [4.78, 5) is 0. The number of rotatable bonds is 2. The molecule has 1 aromatic carbocycles. The van der Waals surface area contributed by atoms with Gasteiger partial charge in [-0.25, -0.2) is 0 Å². The molecule has 0 aromatic heterocycles. The number of allylic oxidation sites excluding steroid dienone is 8. The van der Waals surface area contributed by atoms with Gasteiger partial charge < -0.3 is 0 Å². The standard InChI is InChI=1S/C15H14/c1-2-14(12-13-8-6-7-9-13)15-10-4-3-5-11-15/h2-12H,1H3/b14-2+. The molecule has 0 aliphatic heterocycles. The first-order valence-electron chi connectivity index (χ1n) is 5.18. The Balaban J connectivity index is 2.31. The van der Waals surface area contributed by atoms with Gasteiger partial charge >= 0.3 is 0 Å². The van der Waals surface area contributed by atoms with Crippen molar-refractivity contribution in [2.24, 2.45) is 0 Å². The van der Waals surface area contributed by atoms with Crippen molar-refractivity contribution in [3.63, 3.8) is 0 Å². The molecule has 1 aliphatic rings. The molecule has 74 valence electrons. The Morgan fingerprint density at radius 2 is 1.67 bits per heavy atom. The van der Waals surface area contributed by atoms with E-state index in [2.05, 4.69) is 67.6 Å². The smallest absolute Gasteiger partial charge is 0.0187 e. The Labute approximate surface area is 91.0 Å². The Morgan fingerprint density at radius 1 is 1.00 bits per heavy atom. The largest absolute Gasteiger partial charge is 0.0798 e. The van der Waals surface area contributed by atoms with E-state index < -0.39 is 0 Å². The van der Waals surface area contributed by atoms with Crippen molar-refractivity contribution >= 4 is 5.57 Å². The molecular weight excluding hydrogens is 180 g/mol. The van der Waals surface area contributed by atoms with Crippen LogP contribution in [0.15, 0.2) is 72.4 Å². The predicted octanol–water partition coefficient (Wildman–Crippen LogP) is 4.14. The topological polar surface area (TPSA) is 0 Å². The molecule has 0 saturated heterocycles. The van der Waals surface area contributed by atoms with Crippen LogP contribution in [0.25, 0.3) is 5.57 Å². The summed E-state index contributed by atoms with van der Waals surface area (Å²) in [5, 5.41) is 0. The van der Waals surface area contributed by atoms with Crippen LogP contribution in [0, 0.1) is 0 Å². The van der Waals surface area contributed by atoms with Crippen molar-refractivity contribution in [2.75, 3.05) is 0 Å². The lowest BCUT2D eigenvalue weighted by atomic mass is 10.0. The van der Waals surface area contributed by atoms with E-state index in [1.54, 1.807) is 0 Å². The highest BCUT2D eigenvalue weighted by Gasteiger charge is 1.98. The molecular formula is C15H14. The second-order valence-electron chi connectivity index (χ2n) is 3.47. The van der Waals surface area contributed by atoms with Crippen LogP contribution in [0.5, 0.6) is 0 Å². The zero-order chi connectivity index (χ0) is 10.5. The minimum Gasteiger partial charge on any atom is -0.0798 e. The fraction of sp³-hybridized carbons (Fsp3) is 0.0667. The molecule has 0 bridgehead atoms. The summed E-state index contributed by atoms with van der Waals surface area (Å²) in [6.07, 6.45) is 12.7. The predicted molar refractivity (Wildman–Crippen MR) is 66.5 cm³/mol. The van der Waals surface area contributed by atoms with Crippen molar-refractivity contribution in [1.82, 2.24) is 0 Å². The Kier molecular flexibility index (Phi) is 2.99. The lowest BCUT2D eigenvalue weighted by molar-refractivity contribution is 1.58. The van der Waals surface area contributed by atoms with Crippen LogP contribution in [0.4, 0.5) is 0 Å². The van der Waals surface area contributed by atoms with Gasteiger partial charge in [-0.1, -0.05) is 60.7 Å². The molecule has 15 heavy (non-hydrogen) atoms. The van der Waals surface area contributed by atoms with Gasteiger partial charge in [0.2, 0.25) is 0 Å². The molecule has 0 saturated carbocycles. The lowest BCUT2D eigenvalue weighted by Crippen LogP contribution is -1.80. The van der Waals surface area contributed by atoms with E-state index in [1.165, 1.54) is 16.7 Å². The maximum Gasteiger partial charge on any atom is -0.0187 e. The average Bonchev–Trinajstić information content (AvgIpc) is 2.80. The van der Waals surface area contributed by atoms with Gasteiger partial charge in [0.1, 0.15) is 0 Å². The van der Waals surface area contributed by atoms with Gasteiger partial charge in [-0.3, -0.25) is 0 Å². The van der Waals surface area contributed by atoms with E-state index >= 15 is 0 Å². The summed E-state index contributed by atoms with van der Waals surface area (Å²) in [6.45, 7) is 2.07. The van der Waals surface area contributed by atoms with E-state index in [0.29, 0.717) is 0 Å². The number of benzene rings is 1. The van der Waals surface area contributed by atoms with Gasteiger partial charge in [0.25, 0.3) is 0 Å². The van der Waals surface area contributed by atoms with E-state index in [0.717, 1.165) is 0 Å². The van der Waals surface area contributed by atoms with Crippen LogP contribution >= 0.6 is 0 Å². The summed E-state index contributed by atoms with van der Waals surface area (Å²) in [6, 6.07) is 10.4. The first kappa shape index (κ1) is 9.72. The molecule has 0 amide bonds. The van der Waals surface area contributed by atoms with E-state index in [4.69, 9.17) is 0 Å². The van der Waals surface area contributed by atoms with Crippen LogP contribution in [0.2, 0.25) is 0 Å². The van der Waals surface area contributed by atoms with Gasteiger partial charge in [0.15, 0.2) is 0 Å². The van der Waals surface area contributed by atoms with E-state index in [1.807, 2.05) is 6.07 Å². The van der Waals surface area contributed by atoms with E-state index in [-0.39, 0.29) is 0 Å². The fourth-order valence-electron chi connectivity index (χ4n) is 1.63. The van der Waals surface area contributed by atoms with Crippen molar-refractivity contribution in [2.45, 2.75) is 6.92 Å². The Bertz CT molecular complexity index is 428. The van der Waals surface area contributed by atoms with Gasteiger partial charge in [-0.15, -0.1) is 0 Å². The lowest BCUT2D eigenvalue weighted by Gasteiger charge is -2.02. The molecule has 0 spiro atoms. The average molecular weight is 194 g/mol. The maximum atomic E-state index is 2.20. The third-order valence-electron chi connectivity index (χ3n) is 2.43. The maximum absolute atomic E-state index is 2.20. The normalized spacial score (nSPS) is 14.7. The molecule has 0 heterocycles. The molecule has 0 nitrogen and oxygen atoms in total. The van der Waals surface area contributed by atoms with Gasteiger partial charge in [0, 0.05) is 0 Å². The third-order valence-corrected chi connectivity index (χ3v) is 2.43. The zero-order valence-corrected chi connectivity index (χ0v) is 8.85. The third kappa shape index (κ3) is 2.35. The zero-order valence-electron chi connectivity index (χ0n) is 8.85. The van der Waals surface area contributed by atoms with E-state index in [9.17, 15) is 0 Å². The molecule has 1 aromatic rings. The van der Waals surface area contributed by atoms with Gasteiger partial charge in [0.05, 0.1) is 0 Å². The highest BCUT2D eigenvalue weighted by atomic mass is 14.0. The monoisotopic (exact) mass is 194 g/mol. The second-order valence-corrected chi connectivity index (χ2v) is 3.47. The van der Waals surface area contributed by atoms with Crippen LogP contribution < -0.4 is 0 Å². The molecule has 2 rings (SSSR count). The molecule has 0 atom stereocenters. The molecule has 1 aliphatic carbocycles. The Hall–Kier alpha value is -1.82. The quantitative estimate of drug-likeness (QED) is 0.663. The number of hydrogen-bond acceptors (Lipinski definition) is 0. The summed E-state index contributed by atoms with van der Waals surface area (Å²) < 4.78 is 0. The van der Waals surface area contributed by atoms with Crippen molar-refractivity contribution in [1.29, 1.82) is 0 Å². The van der Waals surface area contributed by atoms with Crippen LogP contribution in [0.3, 0.4) is 0 Å². The van der Waals surface area contributed by atoms with Crippen LogP contribution in [-0.4, -0.2) is 0 Å². The van der Waals surface area contributed by atoms with Crippen LogP contribution in [0.1, 0.15) is 12.5 Å². The first-order valence-corrected chi connectivity index (χ1v) is 5.18. The first-order chi connectivity index (χ1) is 7.40. The Morgan fingerprint density at radius 3 is 2.27 bits per heavy atom. The highest BCUT2D eigenvalue weighted by Crippen LogP contribution is 2.19. The van der Waals surface area contributed by atoms with Crippen molar-refractivity contribution in [3.05, 3.63) is 77.9 Å². The van der Waals surface area contributed by atoms with Gasteiger partial charge in [-0.05, 0) is 29.7 Å². The summed E-state index contributed by atoms with van der Waals surface area (Å²) >= 11 is 0. The molecule has 0 fully saturated rings.